The Kier molecular flexibility index (Phi) is 7.62. The first-order valence-corrected chi connectivity index (χ1v) is 13.9. The van der Waals surface area contributed by atoms with E-state index in [0.29, 0.717) is 15.5 Å². The average Bonchev–Trinajstić information content (AvgIpc) is 2.84. The molecule has 0 saturated heterocycles. The third-order valence-electron chi connectivity index (χ3n) is 5.04. The number of benzene rings is 4. The summed E-state index contributed by atoms with van der Waals surface area (Å²) in [6, 6.07) is 29.0. The average molecular weight is 563 g/mol. The Labute approximate surface area is 217 Å². The summed E-state index contributed by atoms with van der Waals surface area (Å²) < 4.78 is 85.3. The first-order valence-electron chi connectivity index (χ1n) is 10.9. The third-order valence-corrected chi connectivity index (χ3v) is 8.29. The molecule has 0 radical (unpaired) electrons. The van der Waals surface area contributed by atoms with Gasteiger partial charge in [0.05, 0.1) is 4.90 Å². The predicted octanol–water partition coefficient (Wildman–Crippen LogP) is 6.05. The Hall–Kier alpha value is -4.07. The fourth-order valence-electron chi connectivity index (χ4n) is 3.34. The maximum absolute atomic E-state index is 12.6. The summed E-state index contributed by atoms with van der Waals surface area (Å²) in [4.78, 5) is -0.651. The van der Waals surface area contributed by atoms with Crippen molar-refractivity contribution < 1.29 is 30.0 Å². The van der Waals surface area contributed by atoms with E-state index >= 15 is 0 Å². The van der Waals surface area contributed by atoms with Gasteiger partial charge in [0, 0.05) is 34.1 Å². The van der Waals surface area contributed by atoms with Crippen molar-refractivity contribution in [1.29, 1.82) is 0 Å². The Bertz CT molecular complexity index is 1560. The van der Waals surface area contributed by atoms with Gasteiger partial charge in [-0.25, -0.2) is 16.8 Å². The zero-order valence-electron chi connectivity index (χ0n) is 19.4. The summed E-state index contributed by atoms with van der Waals surface area (Å²) >= 11 is 0. The van der Waals surface area contributed by atoms with Crippen LogP contribution in [0, 0.1) is 0 Å². The maximum atomic E-state index is 12.6. The SMILES string of the molecule is O=S(=O)(NS(=O)(=O)C(F)(F)F)c1ccc(Nc2cc(Nc3ccccc3)cc(Nc3ccccc3)c2)cc1. The molecule has 4 aromatic carbocycles. The van der Waals surface area contributed by atoms with E-state index in [1.807, 2.05) is 78.9 Å². The second kappa shape index (κ2) is 10.7. The van der Waals surface area contributed by atoms with Crippen LogP contribution < -0.4 is 20.1 Å². The molecule has 38 heavy (non-hydrogen) atoms. The number of rotatable bonds is 9. The Morgan fingerprint density at radius 2 is 0.868 bits per heavy atom. The molecule has 4 rings (SSSR count). The lowest BCUT2D eigenvalue weighted by Gasteiger charge is -2.15. The summed E-state index contributed by atoms with van der Waals surface area (Å²) in [7, 11) is -11.1. The number of para-hydroxylation sites is 2. The molecule has 4 aromatic rings. The molecule has 0 aliphatic rings. The van der Waals surface area contributed by atoms with Gasteiger partial charge in [-0.3, -0.25) is 0 Å². The molecular weight excluding hydrogens is 541 g/mol. The van der Waals surface area contributed by atoms with E-state index in [0.717, 1.165) is 34.9 Å². The lowest BCUT2D eigenvalue weighted by atomic mass is 10.2. The van der Waals surface area contributed by atoms with E-state index in [-0.39, 0.29) is 0 Å². The summed E-state index contributed by atoms with van der Waals surface area (Å²) in [5, 5.41) is 9.72. The van der Waals surface area contributed by atoms with Gasteiger partial charge in [0.25, 0.3) is 10.0 Å². The molecule has 0 spiro atoms. The van der Waals surface area contributed by atoms with Gasteiger partial charge in [-0.1, -0.05) is 40.5 Å². The minimum absolute atomic E-state index is 0.408. The number of alkyl halides is 3. The maximum Gasteiger partial charge on any atom is 0.512 e. The number of sulfonamides is 2. The number of nitrogens with one attached hydrogen (secondary N) is 4. The molecule has 0 saturated carbocycles. The first kappa shape index (κ1) is 27.0. The normalized spacial score (nSPS) is 12.1. The highest BCUT2D eigenvalue weighted by atomic mass is 32.3. The van der Waals surface area contributed by atoms with E-state index in [1.54, 1.807) is 0 Å². The number of halogens is 3. The van der Waals surface area contributed by atoms with Gasteiger partial charge in [-0.2, -0.15) is 13.2 Å². The highest BCUT2D eigenvalue weighted by Gasteiger charge is 2.48. The van der Waals surface area contributed by atoms with E-state index in [9.17, 15) is 30.0 Å². The molecule has 0 amide bonds. The van der Waals surface area contributed by atoms with Gasteiger partial charge < -0.3 is 16.0 Å². The van der Waals surface area contributed by atoms with Crippen LogP contribution in [-0.4, -0.2) is 22.3 Å². The van der Waals surface area contributed by atoms with Crippen LogP contribution in [0.4, 0.5) is 47.3 Å². The standard InChI is InChI=1S/C25H21F3N4O4S2/c26-25(27,28)38(35,36)32-37(33,34)24-13-11-20(12-14-24)31-23-16-21(29-18-7-3-1-4-8-18)15-22(17-23)30-19-9-5-2-6-10-19/h1-17,29-32H. The molecule has 13 heteroatoms. The van der Waals surface area contributed by atoms with Crippen molar-refractivity contribution in [3.05, 3.63) is 103 Å². The Morgan fingerprint density at radius 3 is 1.24 bits per heavy atom. The van der Waals surface area contributed by atoms with Crippen molar-refractivity contribution in [2.45, 2.75) is 10.4 Å². The van der Waals surface area contributed by atoms with Gasteiger partial charge in [0.2, 0.25) is 0 Å². The van der Waals surface area contributed by atoms with Crippen LogP contribution in [-0.2, 0) is 20.0 Å². The van der Waals surface area contributed by atoms with Crippen molar-refractivity contribution in [3.63, 3.8) is 0 Å². The molecule has 0 unspecified atom stereocenters. The number of anilines is 6. The smallest absolute Gasteiger partial charge is 0.355 e. The topological polar surface area (TPSA) is 116 Å². The summed E-state index contributed by atoms with van der Waals surface area (Å²) in [6.07, 6.45) is 0. The number of hydrogen-bond acceptors (Lipinski definition) is 7. The summed E-state index contributed by atoms with van der Waals surface area (Å²) in [5.74, 6) is 0. The van der Waals surface area contributed by atoms with Gasteiger partial charge in [-0.15, -0.1) is 0 Å². The molecule has 0 aromatic heterocycles. The van der Waals surface area contributed by atoms with Gasteiger partial charge >= 0.3 is 15.5 Å². The molecule has 0 aliphatic carbocycles. The minimum atomic E-state index is -6.09. The van der Waals surface area contributed by atoms with Crippen LogP contribution in [0.1, 0.15) is 0 Å². The third kappa shape index (κ3) is 6.82. The van der Waals surface area contributed by atoms with E-state index in [2.05, 4.69) is 16.0 Å². The number of hydrogen-bond donors (Lipinski definition) is 4. The minimum Gasteiger partial charge on any atom is -0.355 e. The fraction of sp³-hybridized carbons (Fsp3) is 0.0400. The van der Waals surface area contributed by atoms with Crippen LogP contribution in [0.25, 0.3) is 0 Å². The van der Waals surface area contributed by atoms with Crippen molar-refractivity contribution >= 4 is 54.2 Å². The molecule has 4 N–H and O–H groups in total. The molecule has 0 heterocycles. The summed E-state index contributed by atoms with van der Waals surface area (Å²) in [5.41, 5.74) is -1.58. The predicted molar refractivity (Wildman–Crippen MR) is 141 cm³/mol. The molecule has 0 atom stereocenters. The monoisotopic (exact) mass is 562 g/mol. The van der Waals surface area contributed by atoms with Gasteiger partial charge in [0.1, 0.15) is 0 Å². The zero-order valence-corrected chi connectivity index (χ0v) is 21.0. The lowest BCUT2D eigenvalue weighted by molar-refractivity contribution is -0.0441. The van der Waals surface area contributed by atoms with Crippen molar-refractivity contribution in [1.82, 2.24) is 4.13 Å². The Balaban J connectivity index is 1.58. The van der Waals surface area contributed by atoms with Crippen LogP contribution in [0.3, 0.4) is 0 Å². The van der Waals surface area contributed by atoms with E-state index < -0.39 is 30.5 Å². The van der Waals surface area contributed by atoms with Crippen LogP contribution in [0.15, 0.2) is 108 Å². The molecule has 0 fully saturated rings. The summed E-state index contributed by atoms with van der Waals surface area (Å²) in [6.45, 7) is 0. The highest BCUT2D eigenvalue weighted by Crippen LogP contribution is 2.30. The quantitative estimate of drug-likeness (QED) is 0.196. The fourth-order valence-corrected chi connectivity index (χ4v) is 5.76. The largest absolute Gasteiger partial charge is 0.512 e. The second-order valence-corrected chi connectivity index (χ2v) is 11.6. The lowest BCUT2D eigenvalue weighted by Crippen LogP contribution is -2.40. The van der Waals surface area contributed by atoms with Crippen LogP contribution in [0.2, 0.25) is 0 Å². The van der Waals surface area contributed by atoms with Crippen molar-refractivity contribution in [2.75, 3.05) is 16.0 Å². The van der Waals surface area contributed by atoms with E-state index in [4.69, 9.17) is 0 Å². The molecular formula is C25H21F3N4O4S2. The first-order chi connectivity index (χ1) is 17.9. The van der Waals surface area contributed by atoms with Gasteiger partial charge in [0.15, 0.2) is 0 Å². The molecule has 198 valence electrons. The van der Waals surface area contributed by atoms with Crippen molar-refractivity contribution in [2.24, 2.45) is 0 Å². The van der Waals surface area contributed by atoms with Crippen LogP contribution in [0.5, 0.6) is 0 Å². The Morgan fingerprint density at radius 1 is 0.500 bits per heavy atom. The van der Waals surface area contributed by atoms with Crippen LogP contribution >= 0.6 is 0 Å². The zero-order chi connectivity index (χ0) is 27.4. The van der Waals surface area contributed by atoms with Gasteiger partial charge in [-0.05, 0) is 66.7 Å². The molecule has 8 nitrogen and oxygen atoms in total. The molecule has 0 aliphatic heterocycles. The second-order valence-electron chi connectivity index (χ2n) is 7.97. The highest BCUT2D eigenvalue weighted by molar-refractivity contribution is 8.05. The molecule has 0 bridgehead atoms. The van der Waals surface area contributed by atoms with Crippen molar-refractivity contribution in [3.8, 4) is 0 Å². The van der Waals surface area contributed by atoms with E-state index in [1.165, 1.54) is 12.1 Å².